The van der Waals surface area contributed by atoms with Gasteiger partial charge in [0, 0.05) is 33.3 Å². The Labute approximate surface area is 206 Å². The summed E-state index contributed by atoms with van der Waals surface area (Å²) in [5.74, 6) is 0. The first-order valence-corrected chi connectivity index (χ1v) is 10.5. The highest BCUT2D eigenvalue weighted by molar-refractivity contribution is 6.14. The predicted molar refractivity (Wildman–Crippen MR) is 136 cm³/mol. The number of benzene rings is 4. The van der Waals surface area contributed by atoms with E-state index in [0.717, 1.165) is 0 Å². The second-order valence-corrected chi connectivity index (χ2v) is 7.73. The van der Waals surface area contributed by atoms with Crippen molar-refractivity contribution in [2.24, 2.45) is 0 Å². The highest BCUT2D eigenvalue weighted by Crippen LogP contribution is 2.41. The predicted octanol–water partition coefficient (Wildman–Crippen LogP) is 7.62. The van der Waals surface area contributed by atoms with Crippen LogP contribution in [0.25, 0.3) is 60.7 Å². The number of aromatic nitrogens is 2. The number of nitriles is 1. The molecule has 0 unspecified atom stereocenters. The van der Waals surface area contributed by atoms with Gasteiger partial charge >= 0.3 is 0 Å². The summed E-state index contributed by atoms with van der Waals surface area (Å²) in [5.41, 5.74) is 2.06. The van der Waals surface area contributed by atoms with E-state index in [0.29, 0.717) is 27.6 Å². The van der Waals surface area contributed by atoms with Crippen LogP contribution < -0.4 is 0 Å². The molecule has 34 heavy (non-hydrogen) atoms. The fourth-order valence-electron chi connectivity index (χ4n) is 4.53. The van der Waals surface area contributed by atoms with E-state index in [9.17, 15) is 5.26 Å². The molecular weight excluding hydrogens is 418 g/mol. The quantitative estimate of drug-likeness (QED) is 0.276. The molecule has 4 heteroatoms. The number of para-hydroxylation sites is 3. The van der Waals surface area contributed by atoms with Gasteiger partial charge in [-0.1, -0.05) is 54.5 Å². The molecule has 0 amide bonds. The summed E-state index contributed by atoms with van der Waals surface area (Å²) in [7, 11) is 0. The lowest BCUT2D eigenvalue weighted by Gasteiger charge is -2.10. The van der Waals surface area contributed by atoms with Crippen LogP contribution in [0.5, 0.6) is 0 Å². The topological polar surface area (TPSA) is 54.8 Å². The Morgan fingerprint density at radius 3 is 2.21 bits per heavy atom. The molecule has 4 nitrogen and oxygen atoms in total. The molecule has 0 spiro atoms. The van der Waals surface area contributed by atoms with Crippen molar-refractivity contribution in [1.82, 2.24) is 9.55 Å². The van der Waals surface area contributed by atoms with Crippen LogP contribution in [0.4, 0.5) is 0 Å². The third-order valence-corrected chi connectivity index (χ3v) is 5.96. The van der Waals surface area contributed by atoms with Crippen molar-refractivity contribution < 1.29 is 15.4 Å². The Hall–Kier alpha value is -4.88. The average Bonchev–Trinajstić information content (AvgIpc) is 3.57. The largest absolute Gasteiger partial charge is 0.453 e. The standard InChI is InChI=1S/C30H17N3O/c31-18-19-15-16-23-22-10-7-11-24(25-12-5-6-17-32-25)29(22)34-30(23)28(19)33-26-13-3-1-8-20(26)21-9-2-4-14-27(21)33/h1-17H/i1D,2D,3D,4D,8D,9D,13D,14D. The minimum Gasteiger partial charge on any atom is -0.453 e. The van der Waals surface area contributed by atoms with E-state index in [4.69, 9.17) is 15.4 Å². The molecule has 7 aromatic rings. The average molecular weight is 444 g/mol. The maximum absolute atomic E-state index is 10.3. The van der Waals surface area contributed by atoms with Crippen molar-refractivity contribution in [2.45, 2.75) is 0 Å². The normalized spacial score (nSPS) is 14.8. The number of hydrogen-bond donors (Lipinski definition) is 0. The van der Waals surface area contributed by atoms with Gasteiger partial charge in [-0.3, -0.25) is 4.98 Å². The smallest absolute Gasteiger partial charge is 0.160 e. The number of fused-ring (bicyclic) bond motifs is 6. The minimum absolute atomic E-state index is 0.0748. The summed E-state index contributed by atoms with van der Waals surface area (Å²) >= 11 is 0. The first kappa shape index (κ1) is 12.4. The van der Waals surface area contributed by atoms with Crippen LogP contribution >= 0.6 is 0 Å². The Morgan fingerprint density at radius 1 is 0.765 bits per heavy atom. The SMILES string of the molecule is [2H]c1c([2H])c([2H])c2c(c1[2H])c1c([2H])c([2H])c([2H])c([2H])c1n2-c1c(C#N)ccc2c1oc1c(-c3ccccn3)cccc12. The molecule has 4 aromatic carbocycles. The minimum atomic E-state index is -0.542. The van der Waals surface area contributed by atoms with Crippen molar-refractivity contribution in [2.75, 3.05) is 0 Å². The molecule has 7 rings (SSSR count). The van der Waals surface area contributed by atoms with Gasteiger partial charge in [0.25, 0.3) is 0 Å². The lowest BCUT2D eigenvalue weighted by molar-refractivity contribution is 0.667. The number of rotatable bonds is 2. The van der Waals surface area contributed by atoms with Gasteiger partial charge in [-0.15, -0.1) is 0 Å². The summed E-state index contributed by atoms with van der Waals surface area (Å²) in [6, 6.07) is 12.5. The van der Waals surface area contributed by atoms with E-state index in [1.807, 2.05) is 30.3 Å². The van der Waals surface area contributed by atoms with Gasteiger partial charge in [0.15, 0.2) is 5.58 Å². The maximum atomic E-state index is 10.3. The van der Waals surface area contributed by atoms with E-state index in [1.54, 1.807) is 24.4 Å². The van der Waals surface area contributed by atoms with Crippen LogP contribution in [0, 0.1) is 11.3 Å². The Bertz CT molecular complexity index is 2280. The third-order valence-electron chi connectivity index (χ3n) is 5.96. The zero-order valence-corrected chi connectivity index (χ0v) is 17.4. The summed E-state index contributed by atoms with van der Waals surface area (Å²) in [4.78, 5) is 4.45. The fourth-order valence-corrected chi connectivity index (χ4v) is 4.53. The molecule has 0 fully saturated rings. The van der Waals surface area contributed by atoms with Crippen molar-refractivity contribution >= 4 is 43.7 Å². The molecule has 0 aliphatic carbocycles. The molecule has 3 heterocycles. The monoisotopic (exact) mass is 443 g/mol. The molecular formula is C30H17N3O. The molecule has 0 radical (unpaired) electrons. The summed E-state index contributed by atoms with van der Waals surface area (Å²) in [6.07, 6.45) is 1.66. The summed E-state index contributed by atoms with van der Waals surface area (Å²) < 4.78 is 76.2. The summed E-state index contributed by atoms with van der Waals surface area (Å²) in [6.45, 7) is 0. The zero-order valence-electron chi connectivity index (χ0n) is 25.4. The third kappa shape index (κ3) is 2.49. The highest BCUT2D eigenvalue weighted by Gasteiger charge is 2.22. The second-order valence-electron chi connectivity index (χ2n) is 7.73. The van der Waals surface area contributed by atoms with Gasteiger partial charge in [0.1, 0.15) is 17.3 Å². The van der Waals surface area contributed by atoms with Gasteiger partial charge in [-0.2, -0.15) is 5.26 Å². The summed E-state index contributed by atoms with van der Waals surface area (Å²) in [5, 5.41) is 11.4. The van der Waals surface area contributed by atoms with Crippen molar-refractivity contribution in [3.05, 3.63) is 109 Å². The first-order valence-electron chi connectivity index (χ1n) is 14.5. The Kier molecular flexibility index (Phi) is 2.57. The van der Waals surface area contributed by atoms with E-state index in [2.05, 4.69) is 11.1 Å². The van der Waals surface area contributed by atoms with Gasteiger partial charge in [-0.05, 0) is 42.4 Å². The Morgan fingerprint density at radius 2 is 1.50 bits per heavy atom. The number of furan rings is 1. The molecule has 0 bridgehead atoms. The van der Waals surface area contributed by atoms with Gasteiger partial charge in [-0.25, -0.2) is 0 Å². The molecule has 3 aromatic heterocycles. The van der Waals surface area contributed by atoms with Crippen LogP contribution in [0.1, 0.15) is 16.5 Å². The zero-order chi connectivity index (χ0) is 29.6. The number of pyridine rings is 1. The van der Waals surface area contributed by atoms with E-state index in [1.165, 1.54) is 4.57 Å². The van der Waals surface area contributed by atoms with E-state index >= 15 is 0 Å². The molecule has 0 atom stereocenters. The van der Waals surface area contributed by atoms with Crippen molar-refractivity contribution in [3.8, 4) is 23.0 Å². The van der Waals surface area contributed by atoms with Gasteiger partial charge < -0.3 is 8.98 Å². The van der Waals surface area contributed by atoms with E-state index in [-0.39, 0.29) is 38.6 Å². The first-order chi connectivity index (χ1) is 20.2. The second kappa shape index (κ2) is 7.06. The van der Waals surface area contributed by atoms with Crippen molar-refractivity contribution in [3.63, 3.8) is 0 Å². The number of hydrogen-bond acceptors (Lipinski definition) is 3. The molecule has 158 valence electrons. The van der Waals surface area contributed by atoms with Gasteiger partial charge in [0.05, 0.1) is 33.3 Å². The number of nitrogens with zero attached hydrogens (tertiary/aromatic N) is 3. The van der Waals surface area contributed by atoms with Crippen LogP contribution in [-0.4, -0.2) is 9.55 Å². The van der Waals surface area contributed by atoms with Crippen LogP contribution in [0.2, 0.25) is 0 Å². The van der Waals surface area contributed by atoms with E-state index < -0.39 is 48.3 Å². The molecule has 0 saturated carbocycles. The Balaban J connectivity index is 1.77. The fraction of sp³-hybridized carbons (Fsp3) is 0. The molecule has 0 N–H and O–H groups in total. The lowest BCUT2D eigenvalue weighted by Crippen LogP contribution is -1.98. The van der Waals surface area contributed by atoms with Crippen molar-refractivity contribution in [1.29, 1.82) is 5.26 Å². The molecule has 0 aliphatic heterocycles. The lowest BCUT2D eigenvalue weighted by atomic mass is 10.0. The molecule has 0 aliphatic rings. The highest BCUT2D eigenvalue weighted by atomic mass is 16.3. The maximum Gasteiger partial charge on any atom is 0.160 e. The van der Waals surface area contributed by atoms with Crippen LogP contribution in [0.3, 0.4) is 0 Å². The van der Waals surface area contributed by atoms with Crippen LogP contribution in [-0.2, 0) is 0 Å². The molecule has 0 saturated heterocycles. The van der Waals surface area contributed by atoms with Gasteiger partial charge in [0.2, 0.25) is 0 Å². The van der Waals surface area contributed by atoms with Crippen LogP contribution in [0.15, 0.2) is 107 Å².